The minimum Gasteiger partial charge on any atom is -0.497 e. The van der Waals surface area contributed by atoms with Gasteiger partial charge in [-0.1, -0.05) is 0 Å². The summed E-state index contributed by atoms with van der Waals surface area (Å²) in [6.45, 7) is 3.33. The molecule has 1 aromatic carbocycles. The summed E-state index contributed by atoms with van der Waals surface area (Å²) in [5.74, 6) is 1.11. The van der Waals surface area contributed by atoms with Crippen LogP contribution in [-0.2, 0) is 12.8 Å². The van der Waals surface area contributed by atoms with Crippen molar-refractivity contribution in [2.75, 3.05) is 38.2 Å². The molecule has 4 nitrogen and oxygen atoms in total. The van der Waals surface area contributed by atoms with E-state index in [1.165, 1.54) is 29.0 Å². The number of nitrogens with zero attached hydrogens (tertiary/aromatic N) is 2. The third kappa shape index (κ3) is 3.25. The number of methoxy groups -OCH3 is 1. The predicted octanol–water partition coefficient (Wildman–Crippen LogP) is 3.60. The summed E-state index contributed by atoms with van der Waals surface area (Å²) in [5, 5.41) is 2.09. The van der Waals surface area contributed by atoms with E-state index in [1.807, 2.05) is 17.0 Å². The van der Waals surface area contributed by atoms with Crippen molar-refractivity contribution in [3.05, 3.63) is 45.6 Å². The van der Waals surface area contributed by atoms with Gasteiger partial charge in [0.2, 0.25) is 0 Å². The Balaban J connectivity index is 1.41. The van der Waals surface area contributed by atoms with Crippen LogP contribution in [-0.4, -0.2) is 44.1 Å². The number of anilines is 1. The zero-order chi connectivity index (χ0) is 17.2. The molecule has 1 saturated heterocycles. The molecule has 4 rings (SSSR count). The smallest absolute Gasteiger partial charge is 0.255 e. The van der Waals surface area contributed by atoms with Crippen LogP contribution in [0.1, 0.15) is 33.6 Å². The number of carbonyl (C=O) groups is 1. The van der Waals surface area contributed by atoms with E-state index in [2.05, 4.69) is 22.4 Å². The first-order valence-electron chi connectivity index (χ1n) is 9.04. The maximum absolute atomic E-state index is 13.0. The first kappa shape index (κ1) is 16.5. The van der Waals surface area contributed by atoms with E-state index >= 15 is 0 Å². The second-order valence-electron chi connectivity index (χ2n) is 6.74. The largest absolute Gasteiger partial charge is 0.497 e. The van der Waals surface area contributed by atoms with Crippen LogP contribution in [0, 0.1) is 0 Å². The van der Waals surface area contributed by atoms with Crippen molar-refractivity contribution in [1.82, 2.24) is 4.90 Å². The van der Waals surface area contributed by atoms with Crippen LogP contribution in [0.2, 0.25) is 0 Å². The van der Waals surface area contributed by atoms with Crippen molar-refractivity contribution in [3.63, 3.8) is 0 Å². The Hall–Kier alpha value is -2.01. The molecule has 2 aliphatic rings. The summed E-state index contributed by atoms with van der Waals surface area (Å²) in [5.41, 5.74) is 3.50. The summed E-state index contributed by atoms with van der Waals surface area (Å²) >= 11 is 1.78. The van der Waals surface area contributed by atoms with Gasteiger partial charge in [-0.15, -0.1) is 11.3 Å². The predicted molar refractivity (Wildman–Crippen MR) is 102 cm³/mol. The number of amides is 1. The second-order valence-corrected chi connectivity index (χ2v) is 7.70. The number of fused-ring (bicyclic) bond motifs is 1. The van der Waals surface area contributed by atoms with Gasteiger partial charge in [0.15, 0.2) is 0 Å². The van der Waals surface area contributed by atoms with E-state index in [9.17, 15) is 4.79 Å². The normalized spacial score (nSPS) is 17.3. The van der Waals surface area contributed by atoms with Gasteiger partial charge in [-0.3, -0.25) is 4.79 Å². The molecule has 2 aromatic rings. The molecule has 1 aromatic heterocycles. The molecular weight excluding hydrogens is 332 g/mol. The lowest BCUT2D eigenvalue weighted by molar-refractivity contribution is 0.0746. The number of benzene rings is 1. The van der Waals surface area contributed by atoms with E-state index in [1.54, 1.807) is 18.4 Å². The quantitative estimate of drug-likeness (QED) is 0.842. The van der Waals surface area contributed by atoms with Crippen LogP contribution in [0.25, 0.3) is 0 Å². The first-order valence-corrected chi connectivity index (χ1v) is 9.92. The fourth-order valence-corrected chi connectivity index (χ4v) is 4.92. The summed E-state index contributed by atoms with van der Waals surface area (Å²) in [4.78, 5) is 18.8. The average molecular weight is 356 g/mol. The van der Waals surface area contributed by atoms with Crippen molar-refractivity contribution in [2.24, 2.45) is 0 Å². The Morgan fingerprint density at radius 1 is 1.04 bits per heavy atom. The average Bonchev–Trinajstić information content (AvgIpc) is 3.12. The maximum Gasteiger partial charge on any atom is 0.255 e. The van der Waals surface area contributed by atoms with Gasteiger partial charge in [0, 0.05) is 42.1 Å². The van der Waals surface area contributed by atoms with Gasteiger partial charge in [0.05, 0.1) is 12.7 Å². The second kappa shape index (κ2) is 7.08. The molecule has 1 fully saturated rings. The zero-order valence-electron chi connectivity index (χ0n) is 14.7. The van der Waals surface area contributed by atoms with E-state index in [-0.39, 0.29) is 5.91 Å². The molecule has 1 amide bonds. The van der Waals surface area contributed by atoms with Gasteiger partial charge in [-0.25, -0.2) is 0 Å². The van der Waals surface area contributed by atoms with Crippen LogP contribution >= 0.6 is 11.3 Å². The molecule has 1 aliphatic carbocycles. The van der Waals surface area contributed by atoms with Gasteiger partial charge in [-0.05, 0) is 55.5 Å². The van der Waals surface area contributed by atoms with Gasteiger partial charge < -0.3 is 14.5 Å². The lowest BCUT2D eigenvalue weighted by Crippen LogP contribution is -2.48. The van der Waals surface area contributed by atoms with Gasteiger partial charge in [-0.2, -0.15) is 0 Å². The number of thiophene rings is 1. The van der Waals surface area contributed by atoms with E-state index in [4.69, 9.17) is 4.74 Å². The molecule has 1 aliphatic heterocycles. The molecule has 0 radical (unpaired) electrons. The Labute approximate surface area is 153 Å². The topological polar surface area (TPSA) is 32.8 Å². The maximum atomic E-state index is 13.0. The Bertz CT molecular complexity index is 746. The summed E-state index contributed by atoms with van der Waals surface area (Å²) in [7, 11) is 1.68. The Kier molecular flexibility index (Phi) is 4.66. The number of aryl methyl sites for hydroxylation is 1. The van der Waals surface area contributed by atoms with E-state index in [0.717, 1.165) is 50.3 Å². The van der Waals surface area contributed by atoms with Crippen LogP contribution in [0.5, 0.6) is 5.75 Å². The fourth-order valence-electron chi connectivity index (χ4n) is 3.80. The van der Waals surface area contributed by atoms with Gasteiger partial charge >= 0.3 is 0 Å². The number of hydrogen-bond acceptors (Lipinski definition) is 4. The highest BCUT2D eigenvalue weighted by molar-refractivity contribution is 7.10. The number of piperazine rings is 1. The highest BCUT2D eigenvalue weighted by Crippen LogP contribution is 2.31. The SMILES string of the molecule is COc1ccc(N2CCN(C(=O)c3csc4c3CCCC4)CC2)cc1. The Morgan fingerprint density at radius 3 is 2.48 bits per heavy atom. The number of hydrogen-bond donors (Lipinski definition) is 0. The molecule has 0 N–H and O–H groups in total. The number of carbonyl (C=O) groups excluding carboxylic acids is 1. The third-order valence-electron chi connectivity index (χ3n) is 5.30. The van der Waals surface area contributed by atoms with E-state index in [0.29, 0.717) is 0 Å². The van der Waals surface area contributed by atoms with E-state index < -0.39 is 0 Å². The minimum atomic E-state index is 0.230. The van der Waals surface area contributed by atoms with Crippen LogP contribution in [0.4, 0.5) is 5.69 Å². The summed E-state index contributed by atoms with van der Waals surface area (Å²) in [6, 6.07) is 8.16. The van der Waals surface area contributed by atoms with Crippen LogP contribution in [0.15, 0.2) is 29.6 Å². The molecule has 0 saturated carbocycles. The van der Waals surface area contributed by atoms with Crippen molar-refractivity contribution in [1.29, 1.82) is 0 Å². The summed E-state index contributed by atoms with van der Waals surface area (Å²) in [6.07, 6.45) is 4.71. The molecule has 0 unspecified atom stereocenters. The highest BCUT2D eigenvalue weighted by atomic mass is 32.1. The van der Waals surface area contributed by atoms with Gasteiger partial charge in [0.25, 0.3) is 5.91 Å². The van der Waals surface area contributed by atoms with Gasteiger partial charge in [0.1, 0.15) is 5.75 Å². The Morgan fingerprint density at radius 2 is 1.76 bits per heavy atom. The fraction of sp³-hybridized carbons (Fsp3) is 0.450. The lowest BCUT2D eigenvalue weighted by atomic mass is 9.95. The molecular formula is C20H24N2O2S. The molecule has 5 heteroatoms. The third-order valence-corrected chi connectivity index (χ3v) is 6.38. The molecule has 2 heterocycles. The van der Waals surface area contributed by atoms with Crippen LogP contribution in [0.3, 0.4) is 0 Å². The van der Waals surface area contributed by atoms with Crippen molar-refractivity contribution in [2.45, 2.75) is 25.7 Å². The first-order chi connectivity index (χ1) is 12.3. The zero-order valence-corrected chi connectivity index (χ0v) is 15.5. The molecule has 0 spiro atoms. The standard InChI is InChI=1S/C20H24N2O2S/c1-24-16-8-6-15(7-9-16)21-10-12-22(13-11-21)20(23)18-14-25-19-5-3-2-4-17(18)19/h6-9,14H,2-5,10-13H2,1H3. The van der Waals surface area contributed by atoms with Crippen molar-refractivity contribution >= 4 is 22.9 Å². The molecule has 132 valence electrons. The molecule has 0 bridgehead atoms. The lowest BCUT2D eigenvalue weighted by Gasteiger charge is -2.36. The molecule has 25 heavy (non-hydrogen) atoms. The monoisotopic (exact) mass is 356 g/mol. The number of rotatable bonds is 3. The van der Waals surface area contributed by atoms with Crippen molar-refractivity contribution < 1.29 is 9.53 Å². The number of ether oxygens (including phenoxy) is 1. The minimum absolute atomic E-state index is 0.230. The van der Waals surface area contributed by atoms with Crippen molar-refractivity contribution in [3.8, 4) is 5.75 Å². The highest BCUT2D eigenvalue weighted by Gasteiger charge is 2.26. The molecule has 0 atom stereocenters. The summed E-state index contributed by atoms with van der Waals surface area (Å²) < 4.78 is 5.22. The van der Waals surface area contributed by atoms with Crippen LogP contribution < -0.4 is 9.64 Å².